The number of morpholine rings is 1. The van der Waals surface area contributed by atoms with Gasteiger partial charge in [0.2, 0.25) is 0 Å². The molecular formula is C28H33N7O2. The average molecular weight is 500 g/mol. The van der Waals surface area contributed by atoms with Crippen molar-refractivity contribution < 1.29 is 9.53 Å². The number of carbonyl (C=O) groups is 1. The molecule has 0 saturated carbocycles. The van der Waals surface area contributed by atoms with Gasteiger partial charge in [0.05, 0.1) is 46.9 Å². The van der Waals surface area contributed by atoms with E-state index in [9.17, 15) is 4.79 Å². The van der Waals surface area contributed by atoms with E-state index in [0.717, 1.165) is 46.9 Å². The summed E-state index contributed by atoms with van der Waals surface area (Å²) in [6.45, 7) is 12.2. The molecule has 0 unspecified atom stereocenters. The first kappa shape index (κ1) is 24.8. The Bertz CT molecular complexity index is 1420. The van der Waals surface area contributed by atoms with Crippen LogP contribution in [0.25, 0.3) is 22.3 Å². The second-order valence-electron chi connectivity index (χ2n) is 10.6. The van der Waals surface area contributed by atoms with E-state index in [4.69, 9.17) is 14.7 Å². The van der Waals surface area contributed by atoms with Gasteiger partial charge < -0.3 is 15.0 Å². The molecule has 2 atom stereocenters. The van der Waals surface area contributed by atoms with Gasteiger partial charge >= 0.3 is 0 Å². The molecule has 0 aromatic carbocycles. The van der Waals surface area contributed by atoms with Crippen molar-refractivity contribution in [3.63, 3.8) is 0 Å². The maximum atomic E-state index is 12.6. The summed E-state index contributed by atoms with van der Waals surface area (Å²) >= 11 is 0. The highest BCUT2D eigenvalue weighted by atomic mass is 16.5. The molecule has 37 heavy (non-hydrogen) atoms. The lowest BCUT2D eigenvalue weighted by Crippen LogP contribution is -2.45. The summed E-state index contributed by atoms with van der Waals surface area (Å²) in [7, 11) is 0. The zero-order valence-electron chi connectivity index (χ0n) is 22.0. The van der Waals surface area contributed by atoms with Gasteiger partial charge in [0.25, 0.3) is 5.91 Å². The number of rotatable bonds is 5. The third-order valence-corrected chi connectivity index (χ3v) is 6.31. The molecule has 0 radical (unpaired) electrons. The SMILES string of the molecule is C[C@@H]1CN(c2cccc(-c3ccc4cnc(CNC(=O)c5ccn(C(C)(C)C)n5)cc4n3)n2)C[C@H](C)O1. The van der Waals surface area contributed by atoms with Crippen LogP contribution in [0.5, 0.6) is 0 Å². The van der Waals surface area contributed by atoms with Crippen molar-refractivity contribution in [2.45, 2.75) is 58.9 Å². The Kier molecular flexibility index (Phi) is 6.64. The minimum Gasteiger partial charge on any atom is -0.372 e. The molecule has 1 aliphatic rings. The Morgan fingerprint density at radius 1 is 1.05 bits per heavy atom. The van der Waals surface area contributed by atoms with E-state index in [2.05, 4.69) is 34.1 Å². The summed E-state index contributed by atoms with van der Waals surface area (Å²) in [6, 6.07) is 13.6. The van der Waals surface area contributed by atoms with Gasteiger partial charge in [0.15, 0.2) is 0 Å². The molecule has 9 heteroatoms. The van der Waals surface area contributed by atoms with Gasteiger partial charge in [-0.1, -0.05) is 6.07 Å². The molecule has 192 valence electrons. The van der Waals surface area contributed by atoms with E-state index in [1.54, 1.807) is 16.9 Å². The number of hydrogen-bond donors (Lipinski definition) is 1. The van der Waals surface area contributed by atoms with E-state index >= 15 is 0 Å². The lowest BCUT2D eigenvalue weighted by Gasteiger charge is -2.36. The second kappa shape index (κ2) is 9.89. The number of anilines is 1. The van der Waals surface area contributed by atoms with Gasteiger partial charge in [-0.2, -0.15) is 5.10 Å². The average Bonchev–Trinajstić information content (AvgIpc) is 3.38. The molecule has 9 nitrogen and oxygen atoms in total. The molecule has 4 aromatic rings. The fourth-order valence-corrected chi connectivity index (χ4v) is 4.48. The van der Waals surface area contributed by atoms with Crippen molar-refractivity contribution in [2.24, 2.45) is 0 Å². The summed E-state index contributed by atoms with van der Waals surface area (Å²) in [5, 5.41) is 8.23. The topological polar surface area (TPSA) is 98.1 Å². The summed E-state index contributed by atoms with van der Waals surface area (Å²) in [4.78, 5) is 29.1. The molecule has 1 N–H and O–H groups in total. The van der Waals surface area contributed by atoms with E-state index in [1.807, 2.05) is 63.4 Å². The van der Waals surface area contributed by atoms with E-state index in [-0.39, 0.29) is 30.2 Å². The van der Waals surface area contributed by atoms with E-state index < -0.39 is 0 Å². The van der Waals surface area contributed by atoms with Gasteiger partial charge in [-0.25, -0.2) is 9.97 Å². The lowest BCUT2D eigenvalue weighted by atomic mass is 10.1. The van der Waals surface area contributed by atoms with Crippen LogP contribution in [-0.2, 0) is 16.8 Å². The van der Waals surface area contributed by atoms with Crippen LogP contribution in [0, 0.1) is 0 Å². The molecule has 1 saturated heterocycles. The zero-order chi connectivity index (χ0) is 26.2. The molecule has 5 heterocycles. The quantitative estimate of drug-likeness (QED) is 0.440. The highest BCUT2D eigenvalue weighted by Gasteiger charge is 2.23. The van der Waals surface area contributed by atoms with Crippen molar-refractivity contribution in [2.75, 3.05) is 18.0 Å². The highest BCUT2D eigenvalue weighted by Crippen LogP contribution is 2.24. The number of pyridine rings is 3. The molecule has 4 aromatic heterocycles. The molecule has 0 bridgehead atoms. The van der Waals surface area contributed by atoms with Crippen LogP contribution in [0.15, 0.2) is 54.9 Å². The maximum absolute atomic E-state index is 12.6. The standard InChI is InChI=1S/C28H33N7O2/c1-18-16-34(17-19(2)37-18)26-8-6-7-22(32-26)23-10-9-20-14-29-21(13-25(20)31-23)15-30-27(36)24-11-12-35(33-24)28(3,4)5/h6-14,18-19H,15-17H2,1-5H3,(H,30,36)/t18-,19+. The van der Waals surface area contributed by atoms with Crippen LogP contribution in [0.2, 0.25) is 0 Å². The Labute approximate surface area is 216 Å². The van der Waals surface area contributed by atoms with Crippen LogP contribution in [-0.4, -0.2) is 55.9 Å². The van der Waals surface area contributed by atoms with Crippen molar-refractivity contribution in [3.8, 4) is 11.4 Å². The minimum absolute atomic E-state index is 0.161. The Hall–Kier alpha value is -3.85. The Balaban J connectivity index is 1.32. The fourth-order valence-electron chi connectivity index (χ4n) is 4.48. The smallest absolute Gasteiger partial charge is 0.272 e. The van der Waals surface area contributed by atoms with Crippen LogP contribution in [0.1, 0.15) is 50.8 Å². The summed E-state index contributed by atoms with van der Waals surface area (Å²) in [6.07, 6.45) is 3.92. The molecule has 0 aliphatic carbocycles. The number of ether oxygens (including phenoxy) is 1. The predicted molar refractivity (Wildman–Crippen MR) is 143 cm³/mol. The molecule has 1 fully saturated rings. The second-order valence-corrected chi connectivity index (χ2v) is 10.6. The van der Waals surface area contributed by atoms with Crippen molar-refractivity contribution in [1.29, 1.82) is 0 Å². The highest BCUT2D eigenvalue weighted by molar-refractivity contribution is 5.92. The monoisotopic (exact) mass is 499 g/mol. The van der Waals surface area contributed by atoms with Gasteiger partial charge in [0.1, 0.15) is 11.5 Å². The fraction of sp³-hybridized carbons (Fsp3) is 0.393. The Morgan fingerprint density at radius 2 is 1.81 bits per heavy atom. The van der Waals surface area contributed by atoms with E-state index in [1.165, 1.54) is 0 Å². The third-order valence-electron chi connectivity index (χ3n) is 6.31. The number of amides is 1. The van der Waals surface area contributed by atoms with Gasteiger partial charge in [-0.15, -0.1) is 0 Å². The molecule has 5 rings (SSSR count). The predicted octanol–water partition coefficient (Wildman–Crippen LogP) is 4.19. The lowest BCUT2D eigenvalue weighted by molar-refractivity contribution is -0.00545. The first-order chi connectivity index (χ1) is 17.7. The number of fused-ring (bicyclic) bond motifs is 1. The Morgan fingerprint density at radius 3 is 2.54 bits per heavy atom. The number of aromatic nitrogens is 5. The zero-order valence-corrected chi connectivity index (χ0v) is 22.0. The maximum Gasteiger partial charge on any atom is 0.272 e. The number of nitrogens with one attached hydrogen (secondary N) is 1. The first-order valence-electron chi connectivity index (χ1n) is 12.6. The normalized spacial score (nSPS) is 18.2. The molecular weight excluding hydrogens is 466 g/mol. The number of hydrogen-bond acceptors (Lipinski definition) is 7. The van der Waals surface area contributed by atoms with Crippen molar-refractivity contribution in [1.82, 2.24) is 30.0 Å². The molecule has 1 amide bonds. The van der Waals surface area contributed by atoms with Crippen LogP contribution in [0.3, 0.4) is 0 Å². The van der Waals surface area contributed by atoms with Crippen molar-refractivity contribution in [3.05, 3.63) is 66.2 Å². The van der Waals surface area contributed by atoms with E-state index in [0.29, 0.717) is 5.69 Å². The van der Waals surface area contributed by atoms with Gasteiger partial charge in [-0.05, 0) is 71.0 Å². The minimum atomic E-state index is -0.237. The van der Waals surface area contributed by atoms with Gasteiger partial charge in [0, 0.05) is 30.9 Å². The summed E-state index contributed by atoms with van der Waals surface area (Å²) in [5.74, 6) is 0.688. The van der Waals surface area contributed by atoms with Crippen LogP contribution in [0.4, 0.5) is 5.82 Å². The number of carbonyl (C=O) groups excluding carboxylic acids is 1. The van der Waals surface area contributed by atoms with Crippen LogP contribution >= 0.6 is 0 Å². The largest absolute Gasteiger partial charge is 0.372 e. The summed E-state index contributed by atoms with van der Waals surface area (Å²) < 4.78 is 7.65. The van der Waals surface area contributed by atoms with Crippen molar-refractivity contribution >= 4 is 22.6 Å². The first-order valence-corrected chi connectivity index (χ1v) is 12.6. The van der Waals surface area contributed by atoms with Crippen LogP contribution < -0.4 is 10.2 Å². The summed E-state index contributed by atoms with van der Waals surface area (Å²) in [5.41, 5.74) is 3.32. The molecule has 1 aliphatic heterocycles. The van der Waals surface area contributed by atoms with Gasteiger partial charge in [-0.3, -0.25) is 14.5 Å². The number of nitrogens with zero attached hydrogens (tertiary/aromatic N) is 6. The molecule has 0 spiro atoms. The third kappa shape index (κ3) is 5.61.